The average Bonchev–Trinajstić information content (AvgIpc) is 2.52. The van der Waals surface area contributed by atoms with Crippen LogP contribution in [-0.4, -0.2) is 55.0 Å². The zero-order valence-corrected chi connectivity index (χ0v) is 21.4. The highest BCUT2D eigenvalue weighted by atomic mass is 28.4. The molecule has 0 unspecified atom stereocenters. The van der Waals surface area contributed by atoms with Gasteiger partial charge in [-0.2, -0.15) is 0 Å². The Kier molecular flexibility index (Phi) is 12.8. The third kappa shape index (κ3) is 6.71. The van der Waals surface area contributed by atoms with Gasteiger partial charge in [0.05, 0.1) is 0 Å². The van der Waals surface area contributed by atoms with Crippen LogP contribution in [0.25, 0.3) is 0 Å². The molecule has 6 heteroatoms. The molecule has 0 aromatic heterocycles. The molecule has 0 fully saturated rings. The molecule has 0 saturated heterocycles. The van der Waals surface area contributed by atoms with Crippen LogP contribution in [0.3, 0.4) is 0 Å². The van der Waals surface area contributed by atoms with E-state index in [1.807, 2.05) is 20.8 Å². The van der Waals surface area contributed by atoms with Crippen molar-refractivity contribution in [1.82, 2.24) is 4.57 Å². The molecule has 0 amide bonds. The molecule has 0 aliphatic rings. The van der Waals surface area contributed by atoms with Crippen LogP contribution in [0.5, 0.6) is 0 Å². The van der Waals surface area contributed by atoms with Crippen molar-refractivity contribution in [1.29, 1.82) is 0 Å². The summed E-state index contributed by atoms with van der Waals surface area (Å²) in [7, 11) is -1.64. The number of hydrogen-bond donors (Lipinski definition) is 0. The molecule has 0 rings (SSSR count). The first kappa shape index (κ1) is 26.3. The molecule has 4 nitrogen and oxygen atoms in total. The van der Waals surface area contributed by atoms with Gasteiger partial charge in [-0.25, -0.2) is 0 Å². The Hall–Kier alpha value is 0.274. The third-order valence-corrected chi connectivity index (χ3v) is 16.0. The summed E-state index contributed by atoms with van der Waals surface area (Å²) < 4.78 is 20.7. The zero-order chi connectivity index (χ0) is 20.4. The fourth-order valence-electron chi connectivity index (χ4n) is 5.21. The first-order chi connectivity index (χ1) is 12.1. The third-order valence-electron chi connectivity index (χ3n) is 5.75. The van der Waals surface area contributed by atoms with E-state index in [0.717, 1.165) is 35.6 Å². The van der Waals surface area contributed by atoms with Crippen LogP contribution in [0.2, 0.25) is 22.7 Å². The summed E-state index contributed by atoms with van der Waals surface area (Å²) in [6, 6.07) is 0.927. The SMILES string of the molecule is CCO[Si](CCCCN(C)[Si](C(C)C)(C(C)C)C(C)C)(OCC)OCC. The van der Waals surface area contributed by atoms with Gasteiger partial charge >= 0.3 is 8.80 Å². The molecule has 0 aliphatic heterocycles. The normalized spacial score (nSPS) is 13.6. The molecular weight excluding hydrogens is 358 g/mol. The van der Waals surface area contributed by atoms with E-state index in [4.69, 9.17) is 13.3 Å². The second-order valence-electron chi connectivity index (χ2n) is 8.21. The summed E-state index contributed by atoms with van der Waals surface area (Å²) >= 11 is 0. The minimum atomic E-state index is -2.49. The van der Waals surface area contributed by atoms with Crippen molar-refractivity contribution < 1.29 is 13.3 Å². The molecule has 0 spiro atoms. The van der Waals surface area contributed by atoms with Crippen LogP contribution in [0.15, 0.2) is 0 Å². The van der Waals surface area contributed by atoms with Crippen LogP contribution >= 0.6 is 0 Å². The molecule has 0 aromatic carbocycles. The minimum absolute atomic E-state index is 0.663. The molecule has 0 aliphatic carbocycles. The molecule has 0 bridgehead atoms. The van der Waals surface area contributed by atoms with E-state index in [0.29, 0.717) is 19.8 Å². The van der Waals surface area contributed by atoms with Gasteiger partial charge in [0, 0.05) is 25.9 Å². The highest BCUT2D eigenvalue weighted by molar-refractivity contribution is 6.80. The average molecular weight is 406 g/mol. The van der Waals surface area contributed by atoms with Crippen molar-refractivity contribution >= 4 is 17.0 Å². The van der Waals surface area contributed by atoms with Crippen LogP contribution in [0, 0.1) is 0 Å². The minimum Gasteiger partial charge on any atom is -0.374 e. The first-order valence-corrected chi connectivity index (χ1v) is 14.9. The van der Waals surface area contributed by atoms with Gasteiger partial charge in [0.2, 0.25) is 0 Å². The summed E-state index contributed by atoms with van der Waals surface area (Å²) in [6.45, 7) is 23.8. The smallest absolute Gasteiger partial charge is 0.374 e. The lowest BCUT2D eigenvalue weighted by molar-refractivity contribution is 0.0706. The lowest BCUT2D eigenvalue weighted by atomic mass is 10.3. The van der Waals surface area contributed by atoms with Crippen molar-refractivity contribution in [3.05, 3.63) is 0 Å². The summed E-state index contributed by atoms with van der Waals surface area (Å²) in [5.74, 6) is 0. The summed E-state index contributed by atoms with van der Waals surface area (Å²) in [4.78, 5) is 0. The highest BCUT2D eigenvalue weighted by Crippen LogP contribution is 2.43. The van der Waals surface area contributed by atoms with Crippen LogP contribution in [0.1, 0.15) is 75.2 Å². The topological polar surface area (TPSA) is 30.9 Å². The zero-order valence-electron chi connectivity index (χ0n) is 19.4. The second kappa shape index (κ2) is 12.7. The lowest BCUT2D eigenvalue weighted by Gasteiger charge is -2.49. The van der Waals surface area contributed by atoms with E-state index < -0.39 is 17.0 Å². The fraction of sp³-hybridized carbons (Fsp3) is 1.00. The van der Waals surface area contributed by atoms with Gasteiger partial charge in [-0.3, -0.25) is 0 Å². The van der Waals surface area contributed by atoms with Gasteiger partial charge < -0.3 is 17.8 Å². The van der Waals surface area contributed by atoms with Gasteiger partial charge in [0.25, 0.3) is 0 Å². The van der Waals surface area contributed by atoms with Crippen molar-refractivity contribution in [3.63, 3.8) is 0 Å². The quantitative estimate of drug-likeness (QED) is 0.250. The number of nitrogens with zero attached hydrogens (tertiary/aromatic N) is 1. The Morgan fingerprint density at radius 2 is 1.08 bits per heavy atom. The first-order valence-electron chi connectivity index (χ1n) is 10.8. The van der Waals surface area contributed by atoms with Gasteiger partial charge in [0.1, 0.15) is 8.24 Å². The van der Waals surface area contributed by atoms with E-state index in [1.54, 1.807) is 0 Å². The van der Waals surface area contributed by atoms with Crippen molar-refractivity contribution in [3.8, 4) is 0 Å². The number of hydrogen-bond acceptors (Lipinski definition) is 4. The molecule has 26 heavy (non-hydrogen) atoms. The van der Waals surface area contributed by atoms with Gasteiger partial charge in [0.15, 0.2) is 0 Å². The standard InChI is InChI=1S/C20H47NO3Si2/c1-11-22-25(23-12-2,24-13-3)17-15-14-16-21(10)26(18(4)5,19(6)7)20(8)9/h18-20H,11-17H2,1-10H3. The van der Waals surface area contributed by atoms with E-state index >= 15 is 0 Å². The summed E-state index contributed by atoms with van der Waals surface area (Å²) in [6.07, 6.45) is 2.29. The maximum Gasteiger partial charge on any atom is 0.500 e. The number of rotatable bonds is 15. The molecule has 0 saturated carbocycles. The summed E-state index contributed by atoms with van der Waals surface area (Å²) in [5.41, 5.74) is 2.28. The van der Waals surface area contributed by atoms with Gasteiger partial charge in [-0.05, 0) is 63.8 Å². The Morgan fingerprint density at radius 3 is 1.38 bits per heavy atom. The molecular formula is C20H47NO3Si2. The number of unbranched alkanes of at least 4 members (excludes halogenated alkanes) is 1. The van der Waals surface area contributed by atoms with Crippen LogP contribution in [0.4, 0.5) is 0 Å². The Balaban J connectivity index is 4.90. The van der Waals surface area contributed by atoms with Crippen LogP contribution in [-0.2, 0) is 13.3 Å². The predicted octanol–water partition coefficient (Wildman–Crippen LogP) is 5.92. The summed E-state index contributed by atoms with van der Waals surface area (Å²) in [5, 5.41) is 0. The predicted molar refractivity (Wildman–Crippen MR) is 118 cm³/mol. The maximum atomic E-state index is 5.99. The fourth-order valence-corrected chi connectivity index (χ4v) is 15.1. The van der Waals surface area contributed by atoms with E-state index in [9.17, 15) is 0 Å². The molecule has 0 heterocycles. The largest absolute Gasteiger partial charge is 0.500 e. The van der Waals surface area contributed by atoms with Crippen molar-refractivity contribution in [2.75, 3.05) is 33.4 Å². The Labute approximate surface area is 166 Å². The Bertz CT molecular complexity index is 326. The molecule has 158 valence electrons. The molecule has 0 N–H and O–H groups in total. The monoisotopic (exact) mass is 405 g/mol. The van der Waals surface area contributed by atoms with Gasteiger partial charge in [-0.1, -0.05) is 41.5 Å². The van der Waals surface area contributed by atoms with E-state index in [1.165, 1.54) is 6.42 Å². The molecule has 0 radical (unpaired) electrons. The van der Waals surface area contributed by atoms with Crippen LogP contribution < -0.4 is 0 Å². The lowest BCUT2D eigenvalue weighted by Crippen LogP contribution is -2.58. The molecule has 0 atom stereocenters. The van der Waals surface area contributed by atoms with Crippen molar-refractivity contribution in [2.24, 2.45) is 0 Å². The van der Waals surface area contributed by atoms with E-state index in [2.05, 4.69) is 53.2 Å². The van der Waals surface area contributed by atoms with Gasteiger partial charge in [-0.15, -0.1) is 0 Å². The van der Waals surface area contributed by atoms with E-state index in [-0.39, 0.29) is 0 Å². The second-order valence-corrected chi connectivity index (χ2v) is 16.9. The molecule has 0 aromatic rings. The highest BCUT2D eigenvalue weighted by Gasteiger charge is 2.46. The Morgan fingerprint density at radius 1 is 0.692 bits per heavy atom. The maximum absolute atomic E-state index is 5.99. The van der Waals surface area contributed by atoms with Crippen molar-refractivity contribution in [2.45, 2.75) is 97.8 Å².